The van der Waals surface area contributed by atoms with Gasteiger partial charge in [-0.15, -0.1) is 0 Å². The molecule has 8 aromatic rings. The Kier molecular flexibility index (Phi) is 8.84. The lowest BCUT2D eigenvalue weighted by Crippen LogP contribution is -2.34. The lowest BCUT2D eigenvalue weighted by atomic mass is 9.64. The molecule has 0 aliphatic heterocycles. The molecule has 2 fully saturated rings. The number of hydrogen-bond donors (Lipinski definition) is 0. The van der Waals surface area contributed by atoms with Crippen LogP contribution >= 0.6 is 7.14 Å². The van der Waals surface area contributed by atoms with Gasteiger partial charge in [0.2, 0.25) is 0 Å². The maximum absolute atomic E-state index is 12.7. The number of benzene rings is 7. The molecule has 0 spiro atoms. The van der Waals surface area contributed by atoms with E-state index in [0.717, 1.165) is 50.8 Å². The first kappa shape index (κ1) is 35.5. The monoisotopic (exact) mass is 757 g/mol. The predicted molar refractivity (Wildman–Crippen MR) is 236 cm³/mol. The van der Waals surface area contributed by atoms with E-state index in [1.165, 1.54) is 46.9 Å². The van der Waals surface area contributed by atoms with Crippen molar-refractivity contribution in [2.45, 2.75) is 31.1 Å². The molecule has 2 saturated carbocycles. The van der Waals surface area contributed by atoms with Crippen molar-refractivity contribution in [1.82, 2.24) is 15.0 Å². The quantitative estimate of drug-likeness (QED) is 0.145. The summed E-state index contributed by atoms with van der Waals surface area (Å²) in [5, 5.41) is 3.26. The van der Waals surface area contributed by atoms with E-state index in [1.54, 1.807) is 0 Å². The summed E-state index contributed by atoms with van der Waals surface area (Å²) < 4.78 is 12.7. The second-order valence-electron chi connectivity index (χ2n) is 16.4. The fourth-order valence-electron chi connectivity index (χ4n) is 9.64. The predicted octanol–water partition coefficient (Wildman–Crippen LogP) is 12.7. The number of nitrogens with zero attached hydrogens (tertiary/aromatic N) is 3. The summed E-state index contributed by atoms with van der Waals surface area (Å²) in [5.74, 6) is 3.32. The smallest absolute Gasteiger partial charge is 0.164 e. The van der Waals surface area contributed by atoms with Gasteiger partial charge in [-0.3, -0.25) is 0 Å². The highest BCUT2D eigenvalue weighted by molar-refractivity contribution is 7.70. The van der Waals surface area contributed by atoms with Gasteiger partial charge in [-0.05, 0) is 94.6 Å². The summed E-state index contributed by atoms with van der Waals surface area (Å²) in [6, 6.07) is 60.4. The van der Waals surface area contributed by atoms with E-state index in [9.17, 15) is 4.57 Å². The SMILES string of the molecule is CP(C)(=O)c1ccc(-c2cccc(C3(c4ccc(-c5nc(-c6ccc(-c7ccccc7)cc6)nc(-c6ccc7ccccc7c6)n5)cc4)CC4CCC3C4)c2)cc1. The summed E-state index contributed by atoms with van der Waals surface area (Å²) in [6.45, 7) is 3.67. The van der Waals surface area contributed by atoms with Crippen LogP contribution in [0.4, 0.5) is 0 Å². The first-order chi connectivity index (χ1) is 27.8. The zero-order valence-corrected chi connectivity index (χ0v) is 33.2. The fraction of sp³-hybridized carbons (Fsp3) is 0.173. The van der Waals surface area contributed by atoms with Crippen LogP contribution in [0.15, 0.2) is 170 Å². The summed E-state index contributed by atoms with van der Waals surface area (Å²) in [4.78, 5) is 15.3. The minimum absolute atomic E-state index is 0.0546. The third-order valence-corrected chi connectivity index (χ3v) is 14.1. The van der Waals surface area contributed by atoms with Crippen molar-refractivity contribution >= 4 is 23.2 Å². The first-order valence-electron chi connectivity index (χ1n) is 20.1. The zero-order chi connectivity index (χ0) is 38.6. The molecule has 2 bridgehead atoms. The Morgan fingerprint density at radius 2 is 1.02 bits per heavy atom. The van der Waals surface area contributed by atoms with Crippen LogP contribution in [0, 0.1) is 11.8 Å². The van der Waals surface area contributed by atoms with E-state index in [0.29, 0.717) is 23.4 Å². The van der Waals surface area contributed by atoms with Crippen molar-refractivity contribution in [2.24, 2.45) is 11.8 Å². The molecule has 0 saturated heterocycles. The van der Waals surface area contributed by atoms with Gasteiger partial charge in [0, 0.05) is 27.4 Å². The molecule has 10 rings (SSSR count). The highest BCUT2D eigenvalue weighted by atomic mass is 31.2. The summed E-state index contributed by atoms with van der Waals surface area (Å²) in [6.07, 6.45) is 5.01. The van der Waals surface area contributed by atoms with Crippen LogP contribution in [0.3, 0.4) is 0 Å². The van der Waals surface area contributed by atoms with Crippen molar-refractivity contribution in [2.75, 3.05) is 13.3 Å². The Bertz CT molecular complexity index is 2790. The molecule has 3 atom stereocenters. The number of aromatic nitrogens is 3. The van der Waals surface area contributed by atoms with Gasteiger partial charge in [-0.2, -0.15) is 0 Å². The minimum Gasteiger partial charge on any atom is -0.319 e. The van der Waals surface area contributed by atoms with Crippen LogP contribution < -0.4 is 5.30 Å². The van der Waals surface area contributed by atoms with Crippen LogP contribution in [0.25, 0.3) is 67.2 Å². The Morgan fingerprint density at radius 1 is 0.474 bits per heavy atom. The highest BCUT2D eigenvalue weighted by Crippen LogP contribution is 2.60. The second kappa shape index (κ2) is 14.2. The molecular formula is C52H44N3OP. The van der Waals surface area contributed by atoms with Crippen molar-refractivity contribution in [1.29, 1.82) is 0 Å². The minimum atomic E-state index is -2.31. The van der Waals surface area contributed by atoms with Crippen LogP contribution in [-0.4, -0.2) is 28.3 Å². The van der Waals surface area contributed by atoms with E-state index in [-0.39, 0.29) is 5.41 Å². The average Bonchev–Trinajstić information content (AvgIpc) is 3.90. The molecule has 57 heavy (non-hydrogen) atoms. The normalized spacial score (nSPS) is 18.9. The molecule has 7 aromatic carbocycles. The lowest BCUT2D eigenvalue weighted by molar-refractivity contribution is 0.320. The molecule has 3 unspecified atom stereocenters. The van der Waals surface area contributed by atoms with Gasteiger partial charge < -0.3 is 4.57 Å². The highest BCUT2D eigenvalue weighted by Gasteiger charge is 2.52. The average molecular weight is 758 g/mol. The Hall–Kier alpha value is -5.96. The summed E-state index contributed by atoms with van der Waals surface area (Å²) in [7, 11) is -2.31. The second-order valence-corrected chi connectivity index (χ2v) is 19.6. The van der Waals surface area contributed by atoms with E-state index >= 15 is 0 Å². The largest absolute Gasteiger partial charge is 0.319 e. The van der Waals surface area contributed by atoms with Gasteiger partial charge in [-0.1, -0.05) is 170 Å². The maximum atomic E-state index is 12.7. The Labute approximate surface area is 335 Å². The maximum Gasteiger partial charge on any atom is 0.164 e. The molecule has 0 N–H and O–H groups in total. The fourth-order valence-corrected chi connectivity index (χ4v) is 10.5. The molecular weight excluding hydrogens is 714 g/mol. The van der Waals surface area contributed by atoms with Crippen LogP contribution in [-0.2, 0) is 9.98 Å². The van der Waals surface area contributed by atoms with Crippen molar-refractivity contribution in [3.63, 3.8) is 0 Å². The van der Waals surface area contributed by atoms with Gasteiger partial charge in [0.25, 0.3) is 0 Å². The van der Waals surface area contributed by atoms with Crippen LogP contribution in [0.5, 0.6) is 0 Å². The first-order valence-corrected chi connectivity index (χ1v) is 22.7. The van der Waals surface area contributed by atoms with E-state index in [2.05, 4.69) is 152 Å². The van der Waals surface area contributed by atoms with E-state index in [4.69, 9.17) is 15.0 Å². The van der Waals surface area contributed by atoms with E-state index in [1.807, 2.05) is 31.5 Å². The topological polar surface area (TPSA) is 55.7 Å². The van der Waals surface area contributed by atoms with E-state index < -0.39 is 7.14 Å². The van der Waals surface area contributed by atoms with Gasteiger partial charge in [0.1, 0.15) is 7.14 Å². The molecule has 0 radical (unpaired) electrons. The van der Waals surface area contributed by atoms with Crippen molar-refractivity contribution in [3.05, 3.63) is 181 Å². The molecule has 5 heteroatoms. The molecule has 2 aliphatic rings. The Balaban J connectivity index is 1.04. The van der Waals surface area contributed by atoms with Crippen molar-refractivity contribution in [3.8, 4) is 56.4 Å². The number of fused-ring (bicyclic) bond motifs is 3. The number of rotatable bonds is 8. The van der Waals surface area contributed by atoms with Gasteiger partial charge in [0.05, 0.1) is 0 Å². The van der Waals surface area contributed by atoms with Crippen molar-refractivity contribution < 1.29 is 4.57 Å². The number of hydrogen-bond acceptors (Lipinski definition) is 4. The molecule has 1 aromatic heterocycles. The molecule has 278 valence electrons. The van der Waals surface area contributed by atoms with Gasteiger partial charge >= 0.3 is 0 Å². The summed E-state index contributed by atoms with van der Waals surface area (Å²) in [5.41, 5.74) is 10.3. The third kappa shape index (κ3) is 6.62. The van der Waals surface area contributed by atoms with Crippen LogP contribution in [0.1, 0.15) is 36.8 Å². The zero-order valence-electron chi connectivity index (χ0n) is 32.3. The standard InChI is InChI=1S/C52H44N3OP/c1-57(2,56)48-29-24-39(25-30-48)43-13-8-14-46(33-43)52(34-35-15-26-47(52)31-35)45-27-22-41(23-28-45)50-53-49(40-19-16-38(17-20-40)36-9-4-3-5-10-36)54-51(55-50)44-21-18-37-11-6-7-12-42(37)32-44/h3-14,16-25,27-30,32-33,35,47H,15,26,31,34H2,1-2H3. The van der Waals surface area contributed by atoms with Crippen LogP contribution in [0.2, 0.25) is 0 Å². The lowest BCUT2D eigenvalue weighted by Gasteiger charge is -2.39. The third-order valence-electron chi connectivity index (χ3n) is 12.6. The molecule has 0 amide bonds. The van der Waals surface area contributed by atoms with Gasteiger partial charge in [0.15, 0.2) is 17.5 Å². The molecule has 2 aliphatic carbocycles. The molecule has 4 nitrogen and oxygen atoms in total. The summed E-state index contributed by atoms with van der Waals surface area (Å²) >= 11 is 0. The van der Waals surface area contributed by atoms with Gasteiger partial charge in [-0.25, -0.2) is 15.0 Å². The molecule has 1 heterocycles. The Morgan fingerprint density at radius 3 is 1.67 bits per heavy atom.